The van der Waals surface area contributed by atoms with E-state index >= 15 is 0 Å². The van der Waals surface area contributed by atoms with Crippen LogP contribution in [0.4, 0.5) is 0 Å². The molecule has 2 N–H and O–H groups in total. The molecule has 0 aliphatic carbocycles. The number of benzene rings is 1. The van der Waals surface area contributed by atoms with E-state index in [1.54, 1.807) is 12.1 Å². The molecule has 0 bridgehead atoms. The molecule has 2 rings (SSSR count). The number of likely N-dealkylation sites (tertiary alicyclic amines) is 1. The number of methoxy groups -OCH3 is 1. The zero-order valence-electron chi connectivity index (χ0n) is 10.6. The third-order valence-corrected chi connectivity index (χ3v) is 3.17. The van der Waals surface area contributed by atoms with Crippen molar-refractivity contribution < 1.29 is 14.6 Å². The highest BCUT2D eigenvalue weighted by Crippen LogP contribution is 2.26. The summed E-state index contributed by atoms with van der Waals surface area (Å²) in [5.41, 5.74) is 0.447. The fourth-order valence-corrected chi connectivity index (χ4v) is 2.15. The van der Waals surface area contributed by atoms with Crippen molar-refractivity contribution in [1.29, 1.82) is 0 Å². The van der Waals surface area contributed by atoms with Gasteiger partial charge in [0, 0.05) is 18.2 Å². The molecule has 1 aromatic carbocycles. The lowest BCUT2D eigenvalue weighted by Crippen LogP contribution is -2.36. The Morgan fingerprint density at radius 3 is 2.89 bits per heavy atom. The van der Waals surface area contributed by atoms with Gasteiger partial charge in [0.2, 0.25) is 0 Å². The van der Waals surface area contributed by atoms with Gasteiger partial charge in [-0.3, -0.25) is 4.79 Å². The SMILES string of the molecule is COc1ccc(C(=O)NC2CCN(C)C2)cc1O. The number of aromatic hydroxyl groups is 1. The molecule has 5 nitrogen and oxygen atoms in total. The van der Waals surface area contributed by atoms with Crippen LogP contribution in [0.5, 0.6) is 11.5 Å². The fraction of sp³-hybridized carbons (Fsp3) is 0.462. The first-order valence-electron chi connectivity index (χ1n) is 5.96. The summed E-state index contributed by atoms with van der Waals surface area (Å²) in [5.74, 6) is 0.189. The Hall–Kier alpha value is -1.75. The predicted octanol–water partition coefficient (Wildman–Crippen LogP) is 0.835. The van der Waals surface area contributed by atoms with Crippen molar-refractivity contribution in [2.24, 2.45) is 0 Å². The molecule has 98 valence electrons. The summed E-state index contributed by atoms with van der Waals surface area (Å²) in [7, 11) is 3.51. The summed E-state index contributed by atoms with van der Waals surface area (Å²) >= 11 is 0. The van der Waals surface area contributed by atoms with Crippen molar-refractivity contribution in [3.8, 4) is 11.5 Å². The van der Waals surface area contributed by atoms with Crippen molar-refractivity contribution in [1.82, 2.24) is 10.2 Å². The van der Waals surface area contributed by atoms with Gasteiger partial charge < -0.3 is 20.1 Å². The minimum absolute atomic E-state index is 0.0197. The van der Waals surface area contributed by atoms with Gasteiger partial charge in [-0.1, -0.05) is 0 Å². The van der Waals surface area contributed by atoms with Crippen LogP contribution in [0.2, 0.25) is 0 Å². The number of carbonyl (C=O) groups excluding carboxylic acids is 1. The number of amides is 1. The monoisotopic (exact) mass is 250 g/mol. The van der Waals surface area contributed by atoms with E-state index in [9.17, 15) is 9.90 Å². The topological polar surface area (TPSA) is 61.8 Å². The smallest absolute Gasteiger partial charge is 0.251 e. The fourth-order valence-electron chi connectivity index (χ4n) is 2.15. The molecule has 1 saturated heterocycles. The third-order valence-electron chi connectivity index (χ3n) is 3.17. The van der Waals surface area contributed by atoms with E-state index < -0.39 is 0 Å². The zero-order valence-corrected chi connectivity index (χ0v) is 10.6. The van der Waals surface area contributed by atoms with Crippen LogP contribution in [0, 0.1) is 0 Å². The molecule has 18 heavy (non-hydrogen) atoms. The molecular formula is C13H18N2O3. The molecule has 1 aromatic rings. The van der Waals surface area contributed by atoms with Crippen molar-refractivity contribution in [3.05, 3.63) is 23.8 Å². The molecule has 0 aromatic heterocycles. The van der Waals surface area contributed by atoms with E-state index in [0.717, 1.165) is 19.5 Å². The lowest BCUT2D eigenvalue weighted by atomic mass is 10.1. The summed E-state index contributed by atoms with van der Waals surface area (Å²) in [6.45, 7) is 1.87. The van der Waals surface area contributed by atoms with Gasteiger partial charge in [0.15, 0.2) is 11.5 Å². The maximum absolute atomic E-state index is 12.0. The summed E-state index contributed by atoms with van der Waals surface area (Å²) in [5, 5.41) is 12.6. The van der Waals surface area contributed by atoms with Crippen LogP contribution in [-0.2, 0) is 0 Å². The highest BCUT2D eigenvalue weighted by molar-refractivity contribution is 5.95. The Bertz CT molecular complexity index is 448. The molecule has 1 amide bonds. The first-order chi connectivity index (χ1) is 8.60. The summed E-state index contributed by atoms with van der Waals surface area (Å²) < 4.78 is 4.94. The van der Waals surface area contributed by atoms with Crippen LogP contribution in [-0.4, -0.2) is 49.2 Å². The van der Waals surface area contributed by atoms with Gasteiger partial charge >= 0.3 is 0 Å². The largest absolute Gasteiger partial charge is 0.504 e. The molecule has 1 aliphatic heterocycles. The van der Waals surface area contributed by atoms with Gasteiger partial charge in [0.05, 0.1) is 7.11 Å². The highest BCUT2D eigenvalue weighted by Gasteiger charge is 2.21. The van der Waals surface area contributed by atoms with Crippen LogP contribution in [0.3, 0.4) is 0 Å². The normalized spacial score (nSPS) is 19.8. The van der Waals surface area contributed by atoms with E-state index in [-0.39, 0.29) is 17.7 Å². The number of phenolic OH excluding ortho intramolecular Hbond substituents is 1. The second kappa shape index (κ2) is 5.27. The number of carbonyl (C=O) groups is 1. The van der Waals surface area contributed by atoms with Gasteiger partial charge in [-0.25, -0.2) is 0 Å². The van der Waals surface area contributed by atoms with Gasteiger partial charge in [0.1, 0.15) is 0 Å². The molecule has 0 saturated carbocycles. The number of phenols is 1. The molecule has 5 heteroatoms. The van der Waals surface area contributed by atoms with Crippen LogP contribution in [0.15, 0.2) is 18.2 Å². The van der Waals surface area contributed by atoms with Crippen molar-refractivity contribution in [3.63, 3.8) is 0 Å². The average Bonchev–Trinajstić information content (AvgIpc) is 2.74. The van der Waals surface area contributed by atoms with Gasteiger partial charge in [-0.2, -0.15) is 0 Å². The van der Waals surface area contributed by atoms with E-state index in [1.165, 1.54) is 13.2 Å². The molecular weight excluding hydrogens is 232 g/mol. The Balaban J connectivity index is 2.02. The summed E-state index contributed by atoms with van der Waals surface area (Å²) in [4.78, 5) is 14.2. The Morgan fingerprint density at radius 2 is 2.33 bits per heavy atom. The molecule has 1 unspecified atom stereocenters. The Kier molecular flexibility index (Phi) is 3.72. The van der Waals surface area contributed by atoms with Gasteiger partial charge in [-0.05, 0) is 38.2 Å². The van der Waals surface area contributed by atoms with Gasteiger partial charge in [-0.15, -0.1) is 0 Å². The lowest BCUT2D eigenvalue weighted by molar-refractivity contribution is 0.0938. The molecule has 0 spiro atoms. The molecule has 1 heterocycles. The molecule has 0 radical (unpaired) electrons. The van der Waals surface area contributed by atoms with Crippen LogP contribution in [0.25, 0.3) is 0 Å². The number of likely N-dealkylation sites (N-methyl/N-ethyl adjacent to an activating group) is 1. The predicted molar refractivity (Wildman–Crippen MR) is 68.0 cm³/mol. The quantitative estimate of drug-likeness (QED) is 0.834. The first-order valence-corrected chi connectivity index (χ1v) is 5.96. The minimum atomic E-state index is -0.159. The molecule has 1 fully saturated rings. The second-order valence-electron chi connectivity index (χ2n) is 4.61. The molecule has 1 atom stereocenters. The highest BCUT2D eigenvalue weighted by atomic mass is 16.5. The number of rotatable bonds is 3. The maximum atomic E-state index is 12.0. The van der Waals surface area contributed by atoms with Crippen molar-refractivity contribution in [2.45, 2.75) is 12.5 Å². The first kappa shape index (κ1) is 12.7. The second-order valence-corrected chi connectivity index (χ2v) is 4.61. The van der Waals surface area contributed by atoms with Crippen LogP contribution >= 0.6 is 0 Å². The molecule has 1 aliphatic rings. The maximum Gasteiger partial charge on any atom is 0.251 e. The number of nitrogens with one attached hydrogen (secondary N) is 1. The summed E-state index contributed by atoms with van der Waals surface area (Å²) in [6, 6.07) is 4.84. The standard InChI is InChI=1S/C13H18N2O3/c1-15-6-5-10(8-15)14-13(17)9-3-4-12(18-2)11(16)7-9/h3-4,7,10,16H,5-6,8H2,1-2H3,(H,14,17). The van der Waals surface area contributed by atoms with Gasteiger partial charge in [0.25, 0.3) is 5.91 Å². The number of hydrogen-bond donors (Lipinski definition) is 2. The van der Waals surface area contributed by atoms with Crippen LogP contribution in [0.1, 0.15) is 16.8 Å². The zero-order chi connectivity index (χ0) is 13.1. The van der Waals surface area contributed by atoms with E-state index in [4.69, 9.17) is 4.74 Å². The van der Waals surface area contributed by atoms with Crippen molar-refractivity contribution in [2.75, 3.05) is 27.2 Å². The average molecular weight is 250 g/mol. The summed E-state index contributed by atoms with van der Waals surface area (Å²) in [6.07, 6.45) is 0.963. The van der Waals surface area contributed by atoms with Crippen molar-refractivity contribution >= 4 is 5.91 Å². The van der Waals surface area contributed by atoms with Crippen LogP contribution < -0.4 is 10.1 Å². The Morgan fingerprint density at radius 1 is 1.56 bits per heavy atom. The number of ether oxygens (including phenoxy) is 1. The van der Waals surface area contributed by atoms with E-state index in [1.807, 2.05) is 7.05 Å². The number of nitrogens with zero attached hydrogens (tertiary/aromatic N) is 1. The van der Waals surface area contributed by atoms with E-state index in [2.05, 4.69) is 10.2 Å². The third kappa shape index (κ3) is 2.73. The van der Waals surface area contributed by atoms with E-state index in [0.29, 0.717) is 11.3 Å². The Labute approximate surface area is 106 Å². The minimum Gasteiger partial charge on any atom is -0.504 e. The lowest BCUT2D eigenvalue weighted by Gasteiger charge is -2.13. The number of hydrogen-bond acceptors (Lipinski definition) is 4.